The van der Waals surface area contributed by atoms with Crippen LogP contribution in [0.25, 0.3) is 0 Å². The van der Waals surface area contributed by atoms with Gasteiger partial charge < -0.3 is 19.2 Å². The van der Waals surface area contributed by atoms with Gasteiger partial charge >= 0.3 is 9.05 Å². The molecule has 0 unspecified atom stereocenters. The Balaban J connectivity index is -0.0000000800. The minimum atomic E-state index is -4.61. The van der Waals surface area contributed by atoms with Crippen molar-refractivity contribution in [1.29, 1.82) is 0 Å². The van der Waals surface area contributed by atoms with E-state index in [9.17, 15) is 0 Å². The molecular weight excluding hydrogens is 176 g/mol. The van der Waals surface area contributed by atoms with E-state index in [4.69, 9.17) is 19.2 Å². The van der Waals surface area contributed by atoms with Gasteiger partial charge in [0.1, 0.15) is 0 Å². The second-order valence-electron chi connectivity index (χ2n) is 0.600. The Morgan fingerprint density at radius 3 is 0.857 bits per heavy atom. The molecule has 0 bridgehead atoms. The standard InChI is InChI=1S/Fe.H4O4Si.H4Si/c;1-5(2,3)4;/h;1-4H;1H4. The Morgan fingerprint density at radius 2 is 0.857 bits per heavy atom. The van der Waals surface area contributed by atoms with Crippen molar-refractivity contribution in [3.05, 3.63) is 0 Å². The van der Waals surface area contributed by atoms with Gasteiger partial charge in [0.15, 0.2) is 0 Å². The molecule has 0 saturated carbocycles. The maximum absolute atomic E-state index is 7.33. The molecule has 0 rings (SSSR count). The van der Waals surface area contributed by atoms with Gasteiger partial charge in [-0.25, -0.2) is 0 Å². The topological polar surface area (TPSA) is 80.9 Å². The van der Waals surface area contributed by atoms with Crippen LogP contribution in [0.4, 0.5) is 0 Å². The predicted octanol–water partition coefficient (Wildman–Crippen LogP) is -4.06. The third-order valence-corrected chi connectivity index (χ3v) is 0. The minimum Gasteiger partial charge on any atom is -0.368 e. The molecule has 0 aliphatic heterocycles. The van der Waals surface area contributed by atoms with Crippen molar-refractivity contribution >= 4 is 20.0 Å². The smallest absolute Gasteiger partial charge is 0.368 e. The number of hydrogen-bond donors (Lipinski definition) is 4. The molecule has 0 aromatic rings. The molecule has 0 atom stereocenters. The van der Waals surface area contributed by atoms with Gasteiger partial charge in [0.25, 0.3) is 0 Å². The molecule has 0 fully saturated rings. The maximum atomic E-state index is 7.33. The summed E-state index contributed by atoms with van der Waals surface area (Å²) in [6.45, 7) is 0. The molecular formula is H8FeO4Si2. The first-order valence-corrected chi connectivity index (χ1v) is 2.68. The first-order chi connectivity index (χ1) is 2.00. The molecule has 4 N–H and O–H groups in total. The molecule has 48 valence electrons. The predicted molar refractivity (Wildman–Crippen MR) is 26.0 cm³/mol. The summed E-state index contributed by atoms with van der Waals surface area (Å²) in [7, 11) is -4.61. The van der Waals surface area contributed by atoms with E-state index in [-0.39, 0.29) is 28.0 Å². The summed E-state index contributed by atoms with van der Waals surface area (Å²) in [5, 5.41) is 0. The van der Waals surface area contributed by atoms with Crippen LogP contribution in [0.5, 0.6) is 0 Å². The van der Waals surface area contributed by atoms with Crippen LogP contribution in [0.3, 0.4) is 0 Å². The molecule has 0 aliphatic rings. The molecule has 0 saturated heterocycles. The Kier molecular flexibility index (Phi) is 11.0. The monoisotopic (exact) mass is 184 g/mol. The van der Waals surface area contributed by atoms with Gasteiger partial charge in [0.2, 0.25) is 0 Å². The van der Waals surface area contributed by atoms with Gasteiger partial charge in [0, 0.05) is 17.1 Å². The molecule has 0 aromatic heterocycles. The van der Waals surface area contributed by atoms with E-state index in [1.54, 1.807) is 0 Å². The average Bonchev–Trinajstić information content (AvgIpc) is 0.722. The average molecular weight is 184 g/mol. The first kappa shape index (κ1) is 15.7. The van der Waals surface area contributed by atoms with Crippen molar-refractivity contribution < 1.29 is 36.3 Å². The zero-order valence-corrected chi connectivity index (χ0v) is 4.75. The van der Waals surface area contributed by atoms with Gasteiger partial charge in [-0.05, 0) is 11.0 Å². The van der Waals surface area contributed by atoms with Crippen molar-refractivity contribution in [3.8, 4) is 0 Å². The fourth-order valence-corrected chi connectivity index (χ4v) is 0. The molecule has 4 nitrogen and oxygen atoms in total. The Bertz CT molecular complexity index is 25.2. The van der Waals surface area contributed by atoms with E-state index in [0.717, 1.165) is 0 Å². The molecule has 7 heavy (non-hydrogen) atoms. The first-order valence-electron chi connectivity index (χ1n) is 0.894. The van der Waals surface area contributed by atoms with Crippen LogP contribution >= 0.6 is 0 Å². The number of rotatable bonds is 0. The summed E-state index contributed by atoms with van der Waals surface area (Å²) in [4.78, 5) is 29.3. The molecule has 0 spiro atoms. The Hall–Kier alpha value is 0.793. The molecule has 7 heteroatoms. The third kappa shape index (κ3) is 248. The van der Waals surface area contributed by atoms with Crippen molar-refractivity contribution in [3.63, 3.8) is 0 Å². The SMILES string of the molecule is O[Si](O)(O)O.[Fe].[SiH4]. The fourth-order valence-electron chi connectivity index (χ4n) is 0. The van der Waals surface area contributed by atoms with E-state index in [1.165, 1.54) is 0 Å². The molecule has 0 heterocycles. The van der Waals surface area contributed by atoms with Crippen LogP contribution < -0.4 is 0 Å². The maximum Gasteiger partial charge on any atom is 0.668 e. The van der Waals surface area contributed by atoms with Crippen LogP contribution in [-0.4, -0.2) is 39.2 Å². The zero-order valence-electron chi connectivity index (χ0n) is 2.64. The van der Waals surface area contributed by atoms with Crippen LogP contribution in [0.15, 0.2) is 0 Å². The van der Waals surface area contributed by atoms with Crippen molar-refractivity contribution in [2.75, 3.05) is 0 Å². The number of hydrogen-bond acceptors (Lipinski definition) is 4. The summed E-state index contributed by atoms with van der Waals surface area (Å²) in [6, 6.07) is 0. The largest absolute Gasteiger partial charge is 0.668 e. The van der Waals surface area contributed by atoms with Gasteiger partial charge in [0.05, 0.1) is 0 Å². The molecule has 0 radical (unpaired) electrons. The van der Waals surface area contributed by atoms with Gasteiger partial charge in [-0.3, -0.25) is 0 Å². The van der Waals surface area contributed by atoms with E-state index in [2.05, 4.69) is 0 Å². The van der Waals surface area contributed by atoms with Crippen LogP contribution in [0, 0.1) is 0 Å². The Labute approximate surface area is 56.8 Å². The molecule has 0 aliphatic carbocycles. The third-order valence-electron chi connectivity index (χ3n) is 0. The second-order valence-corrected chi connectivity index (χ2v) is 1.80. The summed E-state index contributed by atoms with van der Waals surface area (Å²) in [6.07, 6.45) is 0. The van der Waals surface area contributed by atoms with E-state index < -0.39 is 9.05 Å². The van der Waals surface area contributed by atoms with Crippen molar-refractivity contribution in [1.82, 2.24) is 0 Å². The quantitative estimate of drug-likeness (QED) is 0.289. The van der Waals surface area contributed by atoms with Crippen LogP contribution in [-0.2, 0) is 17.1 Å². The summed E-state index contributed by atoms with van der Waals surface area (Å²) >= 11 is 0. The van der Waals surface area contributed by atoms with Gasteiger partial charge in [-0.1, -0.05) is 0 Å². The van der Waals surface area contributed by atoms with Crippen LogP contribution in [0.2, 0.25) is 0 Å². The zero-order chi connectivity index (χ0) is 4.50. The van der Waals surface area contributed by atoms with E-state index in [1.807, 2.05) is 0 Å². The summed E-state index contributed by atoms with van der Waals surface area (Å²) < 4.78 is 0. The van der Waals surface area contributed by atoms with Gasteiger partial charge in [-0.2, -0.15) is 0 Å². The summed E-state index contributed by atoms with van der Waals surface area (Å²) in [5.41, 5.74) is 0. The molecule has 0 aromatic carbocycles. The van der Waals surface area contributed by atoms with Crippen molar-refractivity contribution in [2.24, 2.45) is 0 Å². The van der Waals surface area contributed by atoms with Crippen LogP contribution in [0.1, 0.15) is 0 Å². The van der Waals surface area contributed by atoms with E-state index >= 15 is 0 Å². The second kappa shape index (κ2) is 4.94. The van der Waals surface area contributed by atoms with E-state index in [0.29, 0.717) is 0 Å². The Morgan fingerprint density at radius 1 is 0.857 bits per heavy atom. The minimum absolute atomic E-state index is 0. The van der Waals surface area contributed by atoms with Crippen molar-refractivity contribution in [2.45, 2.75) is 0 Å². The van der Waals surface area contributed by atoms with Gasteiger partial charge in [-0.15, -0.1) is 0 Å². The molecule has 0 amide bonds. The normalized spacial score (nSPS) is 8.57. The summed E-state index contributed by atoms with van der Waals surface area (Å²) in [5.74, 6) is 0. The fraction of sp³-hybridized carbons (Fsp3) is 0.